The Labute approximate surface area is 305 Å². The molecular formula is C48H29N5. The van der Waals surface area contributed by atoms with Gasteiger partial charge in [-0.2, -0.15) is 5.26 Å². The van der Waals surface area contributed by atoms with Crippen molar-refractivity contribution in [2.45, 2.75) is 0 Å². The van der Waals surface area contributed by atoms with Crippen molar-refractivity contribution >= 4 is 43.4 Å². The molecule has 0 unspecified atom stereocenters. The summed E-state index contributed by atoms with van der Waals surface area (Å²) in [5, 5.41) is 16.3. The molecule has 0 atom stereocenters. The average molecular weight is 676 g/mol. The third-order valence-electron chi connectivity index (χ3n) is 10.1. The van der Waals surface area contributed by atoms with Crippen LogP contribution in [0.1, 0.15) is 5.56 Å². The van der Waals surface area contributed by atoms with Crippen LogP contribution in [0.5, 0.6) is 0 Å². The van der Waals surface area contributed by atoms with E-state index in [1.165, 1.54) is 0 Å². The average Bonchev–Trinajstić information content (AvgIpc) is 3.56. The molecule has 0 aliphatic heterocycles. The highest BCUT2D eigenvalue weighted by Crippen LogP contribution is 2.45. The number of fused-ring (bicyclic) bond motifs is 5. The van der Waals surface area contributed by atoms with Gasteiger partial charge in [0.2, 0.25) is 0 Å². The number of benzene rings is 8. The fourth-order valence-electron chi connectivity index (χ4n) is 7.70. The highest BCUT2D eigenvalue weighted by molar-refractivity contribution is 6.22. The molecule has 10 aromatic rings. The zero-order chi connectivity index (χ0) is 35.3. The summed E-state index contributed by atoms with van der Waals surface area (Å²) in [5.41, 5.74) is 8.92. The van der Waals surface area contributed by atoms with E-state index in [2.05, 4.69) is 108 Å². The molecule has 8 aromatic carbocycles. The van der Waals surface area contributed by atoms with Crippen molar-refractivity contribution < 1.29 is 0 Å². The number of hydrogen-bond donors (Lipinski definition) is 0. The van der Waals surface area contributed by atoms with Crippen molar-refractivity contribution in [2.24, 2.45) is 0 Å². The standard InChI is InChI=1S/C48H29N5/c49-30-31-24-26-42-40(28-31)41-29-34(25-27-43(41)53(42)35-18-8-3-9-19-35)44-36-20-10-12-22-38(36)45(39-23-13-11-21-37(39)44)48-51-46(32-14-4-1-5-15-32)50-47(52-48)33-16-6-2-7-17-33/h1-29H. The van der Waals surface area contributed by atoms with E-state index in [1.807, 2.05) is 78.9 Å². The Kier molecular flexibility index (Phi) is 7.12. The molecule has 10 rings (SSSR count). The molecule has 0 amide bonds. The first-order valence-electron chi connectivity index (χ1n) is 17.6. The van der Waals surface area contributed by atoms with Crippen molar-refractivity contribution in [3.63, 3.8) is 0 Å². The molecule has 0 aliphatic rings. The minimum Gasteiger partial charge on any atom is -0.309 e. The van der Waals surface area contributed by atoms with Crippen LogP contribution < -0.4 is 0 Å². The molecule has 5 nitrogen and oxygen atoms in total. The fraction of sp³-hybridized carbons (Fsp3) is 0. The van der Waals surface area contributed by atoms with Crippen LogP contribution in [0.4, 0.5) is 0 Å². The van der Waals surface area contributed by atoms with Crippen LogP contribution >= 0.6 is 0 Å². The maximum Gasteiger partial charge on any atom is 0.165 e. The first-order chi connectivity index (χ1) is 26.2. The van der Waals surface area contributed by atoms with Gasteiger partial charge in [-0.25, -0.2) is 15.0 Å². The molecule has 5 heteroatoms. The molecule has 2 aromatic heterocycles. The Morgan fingerprint density at radius 1 is 0.377 bits per heavy atom. The lowest BCUT2D eigenvalue weighted by molar-refractivity contribution is 1.08. The molecule has 2 heterocycles. The summed E-state index contributed by atoms with van der Waals surface area (Å²) in [7, 11) is 0. The van der Waals surface area contributed by atoms with Crippen molar-refractivity contribution in [3.05, 3.63) is 181 Å². The summed E-state index contributed by atoms with van der Waals surface area (Å²) in [4.78, 5) is 15.3. The number of nitriles is 1. The second kappa shape index (κ2) is 12.4. The van der Waals surface area contributed by atoms with E-state index >= 15 is 0 Å². The van der Waals surface area contributed by atoms with Crippen molar-refractivity contribution in [2.75, 3.05) is 0 Å². The van der Waals surface area contributed by atoms with Gasteiger partial charge < -0.3 is 4.57 Å². The number of aromatic nitrogens is 4. The lowest BCUT2D eigenvalue weighted by atomic mass is 9.87. The normalized spacial score (nSPS) is 11.4. The third kappa shape index (κ3) is 5.04. The van der Waals surface area contributed by atoms with Crippen LogP contribution in [0.15, 0.2) is 176 Å². The predicted octanol–water partition coefficient (Wildman–Crippen LogP) is 11.8. The molecule has 0 saturated carbocycles. The van der Waals surface area contributed by atoms with E-state index in [1.54, 1.807) is 0 Å². The largest absolute Gasteiger partial charge is 0.309 e. The highest BCUT2D eigenvalue weighted by atomic mass is 15.0. The van der Waals surface area contributed by atoms with E-state index in [-0.39, 0.29) is 0 Å². The molecule has 0 radical (unpaired) electrons. The molecule has 0 saturated heterocycles. The summed E-state index contributed by atoms with van der Waals surface area (Å²) in [6.07, 6.45) is 0. The topological polar surface area (TPSA) is 67.4 Å². The number of para-hydroxylation sites is 1. The van der Waals surface area contributed by atoms with E-state index < -0.39 is 0 Å². The molecule has 0 fully saturated rings. The second-order valence-corrected chi connectivity index (χ2v) is 13.1. The minimum absolute atomic E-state index is 0.627. The molecule has 0 aliphatic carbocycles. The zero-order valence-electron chi connectivity index (χ0n) is 28.5. The van der Waals surface area contributed by atoms with Crippen molar-refractivity contribution in [1.29, 1.82) is 5.26 Å². The van der Waals surface area contributed by atoms with Gasteiger partial charge in [-0.3, -0.25) is 0 Å². The van der Waals surface area contributed by atoms with Gasteiger partial charge in [-0.15, -0.1) is 0 Å². The van der Waals surface area contributed by atoms with Gasteiger partial charge in [0.25, 0.3) is 0 Å². The van der Waals surface area contributed by atoms with Gasteiger partial charge in [0.05, 0.1) is 22.7 Å². The molecule has 0 N–H and O–H groups in total. The van der Waals surface area contributed by atoms with E-state index in [0.717, 1.165) is 76.9 Å². The summed E-state index contributed by atoms with van der Waals surface area (Å²) >= 11 is 0. The van der Waals surface area contributed by atoms with Crippen LogP contribution in [0.2, 0.25) is 0 Å². The van der Waals surface area contributed by atoms with E-state index in [9.17, 15) is 5.26 Å². The molecule has 0 spiro atoms. The van der Waals surface area contributed by atoms with Crippen LogP contribution in [-0.2, 0) is 0 Å². The van der Waals surface area contributed by atoms with Crippen molar-refractivity contribution in [3.8, 4) is 57.0 Å². The summed E-state index contributed by atoms with van der Waals surface area (Å²) in [6.45, 7) is 0. The molecule has 0 bridgehead atoms. The van der Waals surface area contributed by atoms with Crippen LogP contribution in [0.3, 0.4) is 0 Å². The zero-order valence-corrected chi connectivity index (χ0v) is 28.5. The van der Waals surface area contributed by atoms with Crippen molar-refractivity contribution in [1.82, 2.24) is 19.5 Å². The first kappa shape index (κ1) is 30.4. The number of hydrogen-bond acceptors (Lipinski definition) is 4. The second-order valence-electron chi connectivity index (χ2n) is 13.1. The summed E-state index contributed by atoms with van der Waals surface area (Å²) < 4.78 is 2.28. The Bertz CT molecular complexity index is 2940. The lowest BCUT2D eigenvalue weighted by Crippen LogP contribution is -2.01. The Hall–Kier alpha value is -7.42. The smallest absolute Gasteiger partial charge is 0.165 e. The SMILES string of the molecule is N#Cc1ccc2c(c1)c1cc(-c3c4ccccc4c(-c4nc(-c5ccccc5)nc(-c5ccccc5)n4)c4ccccc34)ccc1n2-c1ccccc1. The molecule has 246 valence electrons. The van der Waals surface area contributed by atoms with E-state index in [4.69, 9.17) is 15.0 Å². The third-order valence-corrected chi connectivity index (χ3v) is 10.1. The maximum absolute atomic E-state index is 9.88. The Morgan fingerprint density at radius 3 is 1.38 bits per heavy atom. The number of rotatable bonds is 5. The van der Waals surface area contributed by atoms with Gasteiger partial charge in [-0.05, 0) is 75.1 Å². The van der Waals surface area contributed by atoms with Crippen LogP contribution in [-0.4, -0.2) is 19.5 Å². The Balaban J connectivity index is 1.27. The van der Waals surface area contributed by atoms with Crippen LogP contribution in [0, 0.1) is 11.3 Å². The molecular weight excluding hydrogens is 647 g/mol. The minimum atomic E-state index is 0.627. The van der Waals surface area contributed by atoms with Gasteiger partial charge in [0, 0.05) is 33.2 Å². The Morgan fingerprint density at radius 2 is 0.830 bits per heavy atom. The van der Waals surface area contributed by atoms with Gasteiger partial charge in [-0.1, -0.05) is 133 Å². The quantitative estimate of drug-likeness (QED) is 0.170. The summed E-state index contributed by atoms with van der Waals surface area (Å²) in [6, 6.07) is 62.8. The van der Waals surface area contributed by atoms with Gasteiger partial charge in [0.1, 0.15) is 0 Å². The maximum atomic E-state index is 9.88. The highest BCUT2D eigenvalue weighted by Gasteiger charge is 2.22. The predicted molar refractivity (Wildman–Crippen MR) is 216 cm³/mol. The molecule has 53 heavy (non-hydrogen) atoms. The van der Waals surface area contributed by atoms with Gasteiger partial charge in [0.15, 0.2) is 17.5 Å². The van der Waals surface area contributed by atoms with Crippen LogP contribution in [0.25, 0.3) is 94.3 Å². The lowest BCUT2D eigenvalue weighted by Gasteiger charge is -2.18. The number of nitrogens with zero attached hydrogens (tertiary/aromatic N) is 5. The fourth-order valence-corrected chi connectivity index (χ4v) is 7.70. The van der Waals surface area contributed by atoms with Gasteiger partial charge >= 0.3 is 0 Å². The summed E-state index contributed by atoms with van der Waals surface area (Å²) in [5.74, 6) is 1.88. The first-order valence-corrected chi connectivity index (χ1v) is 17.6. The van der Waals surface area contributed by atoms with E-state index in [0.29, 0.717) is 23.0 Å². The monoisotopic (exact) mass is 675 g/mol.